The van der Waals surface area contributed by atoms with Gasteiger partial charge in [-0.1, -0.05) is 18.2 Å². The molecular weight excluding hydrogens is 506 g/mol. The first-order chi connectivity index (χ1) is 18.4. The third kappa shape index (κ3) is 4.96. The molecule has 0 bridgehead atoms. The number of hydrogen-bond donors (Lipinski definition) is 3. The summed E-state index contributed by atoms with van der Waals surface area (Å²) in [7, 11) is -3.71. The maximum absolute atomic E-state index is 13.8. The number of hydrogen-bond acceptors (Lipinski definition) is 8. The second-order valence-corrected chi connectivity index (χ2v) is 11.7. The molecule has 2 aliphatic rings. The summed E-state index contributed by atoms with van der Waals surface area (Å²) in [6.45, 7) is 3.55. The van der Waals surface area contributed by atoms with Gasteiger partial charge in [0.1, 0.15) is 10.6 Å². The molecule has 2 fully saturated rings. The molecule has 2 heterocycles. The lowest BCUT2D eigenvalue weighted by atomic mass is 10.1. The molecule has 38 heavy (non-hydrogen) atoms. The number of aliphatic hydroxyl groups is 1. The molecule has 2 aromatic carbocycles. The SMILES string of the molecule is CCNC(=O)Nc1ccc(-c2nc(N3CCOCC3CO)cc(C3(S(=O)(=O)c4ccccc4)CC3)n2)cc1. The highest BCUT2D eigenvalue weighted by Crippen LogP contribution is 2.55. The number of benzene rings is 2. The molecule has 1 aliphatic heterocycles. The molecule has 5 rings (SSSR count). The van der Waals surface area contributed by atoms with E-state index in [0.29, 0.717) is 67.7 Å². The van der Waals surface area contributed by atoms with Crippen LogP contribution in [0.4, 0.5) is 16.3 Å². The zero-order valence-corrected chi connectivity index (χ0v) is 21.9. The van der Waals surface area contributed by atoms with Gasteiger partial charge in [-0.25, -0.2) is 23.2 Å². The molecular formula is C27H31N5O5S. The van der Waals surface area contributed by atoms with Gasteiger partial charge in [-0.05, 0) is 56.2 Å². The Morgan fingerprint density at radius 2 is 1.87 bits per heavy atom. The first-order valence-electron chi connectivity index (χ1n) is 12.7. The van der Waals surface area contributed by atoms with E-state index in [0.717, 1.165) is 0 Å². The van der Waals surface area contributed by atoms with Crippen molar-refractivity contribution in [2.24, 2.45) is 0 Å². The fraction of sp³-hybridized carbons (Fsp3) is 0.370. The van der Waals surface area contributed by atoms with E-state index >= 15 is 0 Å². The van der Waals surface area contributed by atoms with Crippen molar-refractivity contribution in [1.82, 2.24) is 15.3 Å². The van der Waals surface area contributed by atoms with Crippen molar-refractivity contribution in [3.8, 4) is 11.4 Å². The number of aromatic nitrogens is 2. The van der Waals surface area contributed by atoms with Crippen LogP contribution in [0.15, 0.2) is 65.6 Å². The zero-order chi connectivity index (χ0) is 26.8. The Labute approximate surface area is 222 Å². The number of urea groups is 1. The minimum atomic E-state index is -3.71. The number of nitrogens with zero attached hydrogens (tertiary/aromatic N) is 3. The molecule has 1 aliphatic carbocycles. The van der Waals surface area contributed by atoms with E-state index in [4.69, 9.17) is 14.7 Å². The molecule has 10 nitrogen and oxygen atoms in total. The van der Waals surface area contributed by atoms with Crippen LogP contribution in [0.1, 0.15) is 25.5 Å². The zero-order valence-electron chi connectivity index (χ0n) is 21.1. The van der Waals surface area contributed by atoms with Gasteiger partial charge in [0, 0.05) is 30.4 Å². The highest BCUT2D eigenvalue weighted by atomic mass is 32.2. The summed E-state index contributed by atoms with van der Waals surface area (Å²) in [5.74, 6) is 0.922. The van der Waals surface area contributed by atoms with Crippen LogP contribution in [-0.4, -0.2) is 68.5 Å². The minimum Gasteiger partial charge on any atom is -0.394 e. The smallest absolute Gasteiger partial charge is 0.319 e. The average molecular weight is 538 g/mol. The number of carbonyl (C=O) groups is 1. The van der Waals surface area contributed by atoms with Crippen LogP contribution in [0.2, 0.25) is 0 Å². The largest absolute Gasteiger partial charge is 0.394 e. The number of carbonyl (C=O) groups excluding carboxylic acids is 1. The maximum atomic E-state index is 13.8. The number of amides is 2. The summed E-state index contributed by atoms with van der Waals surface area (Å²) in [4.78, 5) is 23.7. The fourth-order valence-corrected chi connectivity index (χ4v) is 6.68. The predicted octanol–water partition coefficient (Wildman–Crippen LogP) is 2.95. The Bertz CT molecular complexity index is 1400. The number of ether oxygens (including phenoxy) is 1. The quantitative estimate of drug-likeness (QED) is 0.399. The molecule has 0 spiro atoms. The Balaban J connectivity index is 1.57. The summed E-state index contributed by atoms with van der Waals surface area (Å²) in [5.41, 5.74) is 1.72. The number of morpholine rings is 1. The lowest BCUT2D eigenvalue weighted by Gasteiger charge is -2.36. The van der Waals surface area contributed by atoms with Crippen molar-refractivity contribution in [3.63, 3.8) is 0 Å². The van der Waals surface area contributed by atoms with Gasteiger partial charge in [0.25, 0.3) is 0 Å². The normalized spacial score (nSPS) is 18.6. The monoisotopic (exact) mass is 537 g/mol. The number of aliphatic hydroxyl groups excluding tert-OH is 1. The third-order valence-electron chi connectivity index (χ3n) is 6.92. The van der Waals surface area contributed by atoms with E-state index in [1.54, 1.807) is 60.7 Å². The molecule has 2 amide bonds. The molecule has 0 radical (unpaired) electrons. The van der Waals surface area contributed by atoms with Crippen molar-refractivity contribution in [2.75, 3.05) is 43.1 Å². The number of anilines is 2. The van der Waals surface area contributed by atoms with Crippen LogP contribution >= 0.6 is 0 Å². The van der Waals surface area contributed by atoms with Crippen LogP contribution < -0.4 is 15.5 Å². The van der Waals surface area contributed by atoms with Crippen LogP contribution in [0.3, 0.4) is 0 Å². The first-order valence-corrected chi connectivity index (χ1v) is 14.2. The van der Waals surface area contributed by atoms with E-state index in [2.05, 4.69) is 10.6 Å². The standard InChI is InChI=1S/C27H31N5O5S/c1-2-28-26(34)29-20-10-8-19(9-11-20)25-30-23(16-24(31-25)32-14-15-37-18-21(32)17-33)27(12-13-27)38(35,36)22-6-4-3-5-7-22/h3-11,16,21,33H,2,12-15,17-18H2,1H3,(H2,28,29,34). The summed E-state index contributed by atoms with van der Waals surface area (Å²) in [6, 6.07) is 16.7. The minimum absolute atomic E-state index is 0.123. The van der Waals surface area contributed by atoms with Crippen molar-refractivity contribution in [1.29, 1.82) is 0 Å². The van der Waals surface area contributed by atoms with Crippen LogP contribution in [-0.2, 0) is 19.3 Å². The van der Waals surface area contributed by atoms with Gasteiger partial charge in [0.05, 0.1) is 36.5 Å². The van der Waals surface area contributed by atoms with Crippen molar-refractivity contribution >= 4 is 27.4 Å². The highest BCUT2D eigenvalue weighted by Gasteiger charge is 2.58. The lowest BCUT2D eigenvalue weighted by molar-refractivity contribution is 0.0722. The van der Waals surface area contributed by atoms with Crippen molar-refractivity contribution in [2.45, 2.75) is 35.4 Å². The van der Waals surface area contributed by atoms with Gasteiger partial charge in [-0.3, -0.25) is 0 Å². The Morgan fingerprint density at radius 1 is 1.13 bits per heavy atom. The van der Waals surface area contributed by atoms with Crippen molar-refractivity contribution < 1.29 is 23.1 Å². The van der Waals surface area contributed by atoms with Gasteiger partial charge in [-0.15, -0.1) is 0 Å². The summed E-state index contributed by atoms with van der Waals surface area (Å²) in [6.07, 6.45) is 0.921. The molecule has 1 unspecified atom stereocenters. The number of nitrogens with one attached hydrogen (secondary N) is 2. The Morgan fingerprint density at radius 3 is 2.53 bits per heavy atom. The number of rotatable bonds is 8. The molecule has 1 aromatic heterocycles. The number of sulfone groups is 1. The fourth-order valence-electron chi connectivity index (χ4n) is 4.69. The lowest BCUT2D eigenvalue weighted by Crippen LogP contribution is -2.48. The van der Waals surface area contributed by atoms with E-state index in [-0.39, 0.29) is 23.6 Å². The van der Waals surface area contributed by atoms with Crippen molar-refractivity contribution in [3.05, 3.63) is 66.4 Å². The summed E-state index contributed by atoms with van der Waals surface area (Å²) < 4.78 is 32.0. The average Bonchev–Trinajstić information content (AvgIpc) is 3.77. The Hall–Kier alpha value is -3.54. The molecule has 3 aromatic rings. The first kappa shape index (κ1) is 26.1. The van der Waals surface area contributed by atoms with Crippen LogP contribution in [0.25, 0.3) is 11.4 Å². The predicted molar refractivity (Wildman–Crippen MR) is 144 cm³/mol. The molecule has 1 saturated heterocycles. The molecule has 11 heteroatoms. The summed E-state index contributed by atoms with van der Waals surface area (Å²) >= 11 is 0. The molecule has 3 N–H and O–H groups in total. The molecule has 200 valence electrons. The molecule has 1 saturated carbocycles. The van der Waals surface area contributed by atoms with E-state index < -0.39 is 14.6 Å². The second-order valence-electron chi connectivity index (χ2n) is 9.41. The highest BCUT2D eigenvalue weighted by molar-refractivity contribution is 7.92. The summed E-state index contributed by atoms with van der Waals surface area (Å²) in [5, 5.41) is 15.4. The Kier molecular flexibility index (Phi) is 7.33. The van der Waals surface area contributed by atoms with E-state index in [1.165, 1.54) is 0 Å². The van der Waals surface area contributed by atoms with Gasteiger partial charge in [0.2, 0.25) is 0 Å². The van der Waals surface area contributed by atoms with Gasteiger partial charge in [-0.2, -0.15) is 0 Å². The topological polar surface area (TPSA) is 134 Å². The molecule has 1 atom stereocenters. The van der Waals surface area contributed by atoms with Crippen LogP contribution in [0.5, 0.6) is 0 Å². The maximum Gasteiger partial charge on any atom is 0.319 e. The van der Waals surface area contributed by atoms with Gasteiger partial charge in [0.15, 0.2) is 15.7 Å². The van der Waals surface area contributed by atoms with Gasteiger partial charge >= 0.3 is 6.03 Å². The van der Waals surface area contributed by atoms with E-state index in [1.807, 2.05) is 11.8 Å². The van der Waals surface area contributed by atoms with Gasteiger partial charge < -0.3 is 25.4 Å². The second kappa shape index (κ2) is 10.7. The third-order valence-corrected chi connectivity index (χ3v) is 9.46. The van der Waals surface area contributed by atoms with E-state index in [9.17, 15) is 18.3 Å². The van der Waals surface area contributed by atoms with Crippen LogP contribution in [0, 0.1) is 0 Å².